The van der Waals surface area contributed by atoms with Gasteiger partial charge in [-0.25, -0.2) is 8.42 Å². The minimum atomic E-state index is -3.61. The molecule has 2 heterocycles. The summed E-state index contributed by atoms with van der Waals surface area (Å²) in [4.78, 5) is 23.4. The number of piperidine rings is 1. The Labute approximate surface area is 154 Å². The van der Waals surface area contributed by atoms with Crippen molar-refractivity contribution in [3.63, 3.8) is 0 Å². The Balaban J connectivity index is 2.16. The van der Waals surface area contributed by atoms with Crippen LogP contribution in [0, 0.1) is 0 Å². The number of carbonyl (C=O) groups is 2. The Bertz CT molecular complexity index is 776. The fourth-order valence-electron chi connectivity index (χ4n) is 3.01. The van der Waals surface area contributed by atoms with Gasteiger partial charge < -0.3 is 15.0 Å². The molecule has 1 aliphatic heterocycles. The standard InChI is InChI=1S/C17H27N3O5S/c1-17(2,8-7-15(21)22)18-16(23)14-11-13(12-19(14)3)26(24,25)20-9-5-4-6-10-20/h11-12H,4-10H2,1-3H3,(H,18,23)(H,21,22). The third-order valence-electron chi connectivity index (χ3n) is 4.58. The molecule has 0 unspecified atom stereocenters. The topological polar surface area (TPSA) is 109 Å². The smallest absolute Gasteiger partial charge is 0.303 e. The minimum absolute atomic E-state index is 0.0605. The lowest BCUT2D eigenvalue weighted by molar-refractivity contribution is -0.137. The number of hydrogen-bond acceptors (Lipinski definition) is 4. The molecule has 0 saturated carbocycles. The lowest BCUT2D eigenvalue weighted by Gasteiger charge is -2.25. The highest BCUT2D eigenvalue weighted by Crippen LogP contribution is 2.23. The molecule has 1 saturated heterocycles. The average Bonchev–Trinajstić information content (AvgIpc) is 2.96. The summed E-state index contributed by atoms with van der Waals surface area (Å²) in [5.74, 6) is -1.36. The van der Waals surface area contributed by atoms with Crippen LogP contribution in [0.1, 0.15) is 56.4 Å². The van der Waals surface area contributed by atoms with Crippen molar-refractivity contribution >= 4 is 21.9 Å². The van der Waals surface area contributed by atoms with Crippen molar-refractivity contribution in [2.75, 3.05) is 13.1 Å². The Morgan fingerprint density at radius 3 is 2.42 bits per heavy atom. The van der Waals surface area contributed by atoms with Crippen molar-refractivity contribution in [3.8, 4) is 0 Å². The molecule has 9 heteroatoms. The van der Waals surface area contributed by atoms with E-state index in [4.69, 9.17) is 5.11 Å². The quantitative estimate of drug-likeness (QED) is 0.741. The third kappa shape index (κ3) is 4.85. The number of hydrogen-bond donors (Lipinski definition) is 2. The van der Waals surface area contributed by atoms with E-state index in [1.807, 2.05) is 0 Å². The zero-order chi connectivity index (χ0) is 19.5. The van der Waals surface area contributed by atoms with Crippen LogP contribution in [-0.4, -0.2) is 52.9 Å². The second-order valence-corrected chi connectivity index (χ2v) is 9.31. The van der Waals surface area contributed by atoms with Gasteiger partial charge >= 0.3 is 5.97 Å². The van der Waals surface area contributed by atoms with Gasteiger partial charge in [0.15, 0.2) is 0 Å². The van der Waals surface area contributed by atoms with Gasteiger partial charge in [-0.15, -0.1) is 0 Å². The van der Waals surface area contributed by atoms with Crippen LogP contribution in [0.2, 0.25) is 0 Å². The molecule has 0 radical (unpaired) electrons. The number of carbonyl (C=O) groups excluding carboxylic acids is 1. The third-order valence-corrected chi connectivity index (χ3v) is 6.45. The fourth-order valence-corrected chi connectivity index (χ4v) is 4.60. The Hall–Kier alpha value is -1.87. The van der Waals surface area contributed by atoms with Gasteiger partial charge in [-0.1, -0.05) is 6.42 Å². The van der Waals surface area contributed by atoms with Crippen LogP contribution in [0.4, 0.5) is 0 Å². The second kappa shape index (κ2) is 7.79. The molecule has 8 nitrogen and oxygen atoms in total. The molecule has 1 amide bonds. The van der Waals surface area contributed by atoms with E-state index in [-0.39, 0.29) is 23.4 Å². The van der Waals surface area contributed by atoms with Crippen LogP contribution in [0.15, 0.2) is 17.2 Å². The zero-order valence-corrected chi connectivity index (χ0v) is 16.3. The number of sulfonamides is 1. The normalized spacial score (nSPS) is 16.4. The Morgan fingerprint density at radius 2 is 1.85 bits per heavy atom. The number of aryl methyl sites for hydroxylation is 1. The first-order valence-corrected chi connectivity index (χ1v) is 10.2. The summed E-state index contributed by atoms with van der Waals surface area (Å²) in [5, 5.41) is 11.6. The maximum absolute atomic E-state index is 12.8. The molecule has 0 aliphatic carbocycles. The molecule has 146 valence electrons. The fraction of sp³-hybridized carbons (Fsp3) is 0.647. The van der Waals surface area contributed by atoms with Crippen molar-refractivity contribution in [1.82, 2.24) is 14.2 Å². The van der Waals surface area contributed by atoms with Crippen molar-refractivity contribution in [2.45, 2.75) is 56.4 Å². The van der Waals surface area contributed by atoms with E-state index >= 15 is 0 Å². The molecule has 2 N–H and O–H groups in total. The minimum Gasteiger partial charge on any atom is -0.481 e. The van der Waals surface area contributed by atoms with Gasteiger partial charge in [-0.3, -0.25) is 9.59 Å². The highest BCUT2D eigenvalue weighted by molar-refractivity contribution is 7.89. The molecule has 0 atom stereocenters. The van der Waals surface area contributed by atoms with Crippen LogP contribution in [0.3, 0.4) is 0 Å². The summed E-state index contributed by atoms with van der Waals surface area (Å²) in [5.41, 5.74) is -0.491. The van der Waals surface area contributed by atoms with E-state index in [2.05, 4.69) is 5.32 Å². The Kier molecular flexibility index (Phi) is 6.13. The molecular weight excluding hydrogens is 358 g/mol. The van der Waals surface area contributed by atoms with Gasteiger partial charge in [0, 0.05) is 38.3 Å². The molecule has 26 heavy (non-hydrogen) atoms. The van der Waals surface area contributed by atoms with Crippen LogP contribution in [-0.2, 0) is 21.9 Å². The molecule has 1 aromatic heterocycles. The van der Waals surface area contributed by atoms with Crippen LogP contribution >= 0.6 is 0 Å². The van der Waals surface area contributed by atoms with Gasteiger partial charge in [-0.2, -0.15) is 4.31 Å². The van der Waals surface area contributed by atoms with Gasteiger partial charge in [0.25, 0.3) is 5.91 Å². The zero-order valence-electron chi connectivity index (χ0n) is 15.5. The van der Waals surface area contributed by atoms with Crippen molar-refractivity contribution < 1.29 is 23.1 Å². The van der Waals surface area contributed by atoms with Crippen LogP contribution in [0.5, 0.6) is 0 Å². The number of carboxylic acids is 1. The van der Waals surface area contributed by atoms with Gasteiger partial charge in [-0.05, 0) is 39.2 Å². The molecule has 0 spiro atoms. The molecule has 2 rings (SSSR count). The molecule has 1 fully saturated rings. The number of carboxylic acid groups (broad SMARTS) is 1. The van der Waals surface area contributed by atoms with Crippen LogP contribution < -0.4 is 5.32 Å². The second-order valence-electron chi connectivity index (χ2n) is 7.37. The number of amides is 1. The van der Waals surface area contributed by atoms with Crippen LogP contribution in [0.25, 0.3) is 0 Å². The van der Waals surface area contributed by atoms with Crippen molar-refractivity contribution in [2.24, 2.45) is 7.05 Å². The SMILES string of the molecule is Cn1cc(S(=O)(=O)N2CCCCC2)cc1C(=O)NC(C)(C)CCC(=O)O. The summed E-state index contributed by atoms with van der Waals surface area (Å²) in [6, 6.07) is 1.38. The van der Waals surface area contributed by atoms with E-state index in [0.717, 1.165) is 19.3 Å². The first-order valence-electron chi connectivity index (χ1n) is 8.74. The first kappa shape index (κ1) is 20.4. The summed E-state index contributed by atoms with van der Waals surface area (Å²) >= 11 is 0. The maximum atomic E-state index is 12.8. The van der Waals surface area contributed by atoms with Crippen molar-refractivity contribution in [1.29, 1.82) is 0 Å². The van der Waals surface area contributed by atoms with E-state index < -0.39 is 27.4 Å². The number of nitrogens with one attached hydrogen (secondary N) is 1. The van der Waals surface area contributed by atoms with Crippen molar-refractivity contribution in [3.05, 3.63) is 18.0 Å². The summed E-state index contributed by atoms with van der Waals surface area (Å²) < 4.78 is 28.5. The summed E-state index contributed by atoms with van der Waals surface area (Å²) in [7, 11) is -1.99. The predicted molar refractivity (Wildman–Crippen MR) is 96.4 cm³/mol. The summed E-state index contributed by atoms with van der Waals surface area (Å²) in [6.07, 6.45) is 4.38. The number of aliphatic carboxylic acids is 1. The molecule has 0 bridgehead atoms. The molecule has 0 aromatic carbocycles. The lowest BCUT2D eigenvalue weighted by atomic mass is 9.98. The van der Waals surface area contributed by atoms with Gasteiger partial charge in [0.2, 0.25) is 10.0 Å². The Morgan fingerprint density at radius 1 is 1.23 bits per heavy atom. The predicted octanol–water partition coefficient (Wildman–Crippen LogP) is 1.57. The highest BCUT2D eigenvalue weighted by atomic mass is 32.2. The largest absolute Gasteiger partial charge is 0.481 e. The van der Waals surface area contributed by atoms with Gasteiger partial charge in [0.05, 0.1) is 0 Å². The highest BCUT2D eigenvalue weighted by Gasteiger charge is 2.29. The molecular formula is C17H27N3O5S. The van der Waals surface area contributed by atoms with Gasteiger partial charge in [0.1, 0.15) is 10.6 Å². The van der Waals surface area contributed by atoms with E-state index in [1.54, 1.807) is 20.9 Å². The average molecular weight is 385 g/mol. The molecule has 1 aromatic rings. The number of rotatable bonds is 7. The van der Waals surface area contributed by atoms with E-state index in [9.17, 15) is 18.0 Å². The maximum Gasteiger partial charge on any atom is 0.303 e. The first-order chi connectivity index (χ1) is 12.0. The number of aromatic nitrogens is 1. The monoisotopic (exact) mass is 385 g/mol. The summed E-state index contributed by atoms with van der Waals surface area (Å²) in [6.45, 7) is 4.48. The lowest BCUT2D eigenvalue weighted by Crippen LogP contribution is -2.44. The van der Waals surface area contributed by atoms with E-state index in [0.29, 0.717) is 13.1 Å². The molecule has 1 aliphatic rings. The number of nitrogens with zero attached hydrogens (tertiary/aromatic N) is 2. The van der Waals surface area contributed by atoms with E-state index in [1.165, 1.54) is 21.1 Å².